The predicted octanol–water partition coefficient (Wildman–Crippen LogP) is -0.907. The van der Waals surface area contributed by atoms with Crippen LogP contribution in [0.15, 0.2) is 9.59 Å². The molecule has 1 atom stereocenters. The molecule has 0 amide bonds. The van der Waals surface area contributed by atoms with Crippen molar-refractivity contribution in [2.45, 2.75) is 6.92 Å². The summed E-state index contributed by atoms with van der Waals surface area (Å²) >= 11 is 0. The number of carbonyl (C=O) groups is 1. The van der Waals surface area contributed by atoms with Crippen LogP contribution in [-0.4, -0.2) is 36.7 Å². The number of imidazole rings is 1. The number of carboxylic acid groups (broad SMARTS) is 1. The van der Waals surface area contributed by atoms with Gasteiger partial charge in [0, 0.05) is 20.6 Å². The monoisotopic (exact) mass is 281 g/mol. The topological polar surface area (TPSA) is 122 Å². The number of hydrogen-bond acceptors (Lipinski definition) is 5. The van der Waals surface area contributed by atoms with Crippen molar-refractivity contribution in [3.05, 3.63) is 20.8 Å². The molecule has 0 aromatic carbocycles. The minimum Gasteiger partial charge on any atom is -0.481 e. The van der Waals surface area contributed by atoms with Crippen LogP contribution in [0.25, 0.3) is 11.2 Å². The van der Waals surface area contributed by atoms with Crippen LogP contribution in [0.1, 0.15) is 6.92 Å². The molecule has 0 bridgehead atoms. The second kappa shape index (κ2) is 4.83. The normalized spacial score (nSPS) is 12.6. The Balaban J connectivity index is 2.42. The second-order valence-corrected chi connectivity index (χ2v) is 4.61. The molecule has 0 radical (unpaired) electrons. The first kappa shape index (κ1) is 13.8. The van der Waals surface area contributed by atoms with Crippen LogP contribution < -0.4 is 16.6 Å². The van der Waals surface area contributed by atoms with Crippen LogP contribution in [0.2, 0.25) is 0 Å². The quantitative estimate of drug-likeness (QED) is 0.667. The van der Waals surface area contributed by atoms with Crippen molar-refractivity contribution in [3.8, 4) is 0 Å². The van der Waals surface area contributed by atoms with Gasteiger partial charge in [-0.3, -0.25) is 18.7 Å². The zero-order valence-corrected chi connectivity index (χ0v) is 11.3. The van der Waals surface area contributed by atoms with Gasteiger partial charge in [-0.15, -0.1) is 0 Å². The number of carboxylic acids is 1. The van der Waals surface area contributed by atoms with Gasteiger partial charge in [0.1, 0.15) is 0 Å². The molecule has 0 fully saturated rings. The average molecular weight is 281 g/mol. The SMILES string of the molecule is CC(CNc1nc2c([nH]1)c(=O)n(C)c(=O)n2C)C(=O)O. The standard InChI is InChI=1S/C11H15N5O4/c1-5(9(18)19)4-12-10-13-6-7(14-10)15(2)11(20)16(3)8(6)17/h5H,4H2,1-3H3,(H,18,19)(H2,12,13,14). The molecule has 2 rings (SSSR count). The van der Waals surface area contributed by atoms with E-state index in [-0.39, 0.29) is 23.7 Å². The molecule has 3 N–H and O–H groups in total. The third kappa shape index (κ3) is 2.17. The van der Waals surface area contributed by atoms with Crippen molar-refractivity contribution in [1.29, 1.82) is 0 Å². The fourth-order valence-corrected chi connectivity index (χ4v) is 1.75. The lowest BCUT2D eigenvalue weighted by Gasteiger charge is -2.05. The molecule has 2 aromatic heterocycles. The van der Waals surface area contributed by atoms with E-state index in [4.69, 9.17) is 5.11 Å². The largest absolute Gasteiger partial charge is 0.481 e. The fourth-order valence-electron chi connectivity index (χ4n) is 1.75. The summed E-state index contributed by atoms with van der Waals surface area (Å²) in [4.78, 5) is 41.2. The van der Waals surface area contributed by atoms with E-state index in [1.807, 2.05) is 0 Å². The Bertz CT molecular complexity index is 784. The smallest absolute Gasteiger partial charge is 0.332 e. The van der Waals surface area contributed by atoms with Crippen molar-refractivity contribution in [3.63, 3.8) is 0 Å². The minimum absolute atomic E-state index is 0.156. The van der Waals surface area contributed by atoms with Crippen LogP contribution in [0.4, 0.5) is 5.95 Å². The highest BCUT2D eigenvalue weighted by Gasteiger charge is 2.15. The number of nitrogens with one attached hydrogen (secondary N) is 2. The summed E-state index contributed by atoms with van der Waals surface area (Å²) in [6, 6.07) is 0. The van der Waals surface area contributed by atoms with Crippen LogP contribution >= 0.6 is 0 Å². The summed E-state index contributed by atoms with van der Waals surface area (Å²) in [5.74, 6) is -1.28. The summed E-state index contributed by atoms with van der Waals surface area (Å²) in [6.07, 6.45) is 0. The lowest BCUT2D eigenvalue weighted by atomic mass is 10.2. The van der Waals surface area contributed by atoms with Crippen LogP contribution in [0.3, 0.4) is 0 Å². The fraction of sp³-hybridized carbons (Fsp3) is 0.455. The first-order valence-corrected chi connectivity index (χ1v) is 5.95. The lowest BCUT2D eigenvalue weighted by molar-refractivity contribution is -0.140. The number of aryl methyl sites for hydroxylation is 1. The van der Waals surface area contributed by atoms with E-state index in [1.54, 1.807) is 6.92 Å². The number of aromatic amines is 1. The lowest BCUT2D eigenvalue weighted by Crippen LogP contribution is -2.36. The molecular weight excluding hydrogens is 266 g/mol. The average Bonchev–Trinajstić information content (AvgIpc) is 2.84. The maximum atomic E-state index is 11.9. The molecule has 0 aliphatic carbocycles. The summed E-state index contributed by atoms with van der Waals surface area (Å²) in [7, 11) is 2.89. The molecule has 2 heterocycles. The summed E-state index contributed by atoms with van der Waals surface area (Å²) < 4.78 is 2.23. The van der Waals surface area contributed by atoms with Crippen LogP contribution in [0.5, 0.6) is 0 Å². The molecule has 0 aliphatic heterocycles. The van der Waals surface area contributed by atoms with Gasteiger partial charge in [0.15, 0.2) is 11.2 Å². The zero-order valence-electron chi connectivity index (χ0n) is 11.3. The van der Waals surface area contributed by atoms with Gasteiger partial charge in [-0.25, -0.2) is 4.79 Å². The van der Waals surface area contributed by atoms with E-state index in [0.717, 1.165) is 4.57 Å². The molecule has 20 heavy (non-hydrogen) atoms. The van der Waals surface area contributed by atoms with E-state index in [9.17, 15) is 14.4 Å². The van der Waals surface area contributed by atoms with Crippen LogP contribution in [0, 0.1) is 5.92 Å². The van der Waals surface area contributed by atoms with Crippen molar-refractivity contribution >= 4 is 23.1 Å². The van der Waals surface area contributed by atoms with Gasteiger partial charge >= 0.3 is 11.7 Å². The van der Waals surface area contributed by atoms with Gasteiger partial charge in [0.2, 0.25) is 5.95 Å². The summed E-state index contributed by atoms with van der Waals surface area (Å²) in [5.41, 5.74) is -0.530. The van der Waals surface area contributed by atoms with Crippen molar-refractivity contribution < 1.29 is 9.90 Å². The molecule has 2 aromatic rings. The van der Waals surface area contributed by atoms with E-state index >= 15 is 0 Å². The van der Waals surface area contributed by atoms with Crippen molar-refractivity contribution in [2.24, 2.45) is 20.0 Å². The van der Waals surface area contributed by atoms with Gasteiger partial charge in [0.05, 0.1) is 5.92 Å². The number of fused-ring (bicyclic) bond motifs is 1. The Morgan fingerprint density at radius 1 is 1.40 bits per heavy atom. The summed E-state index contributed by atoms with van der Waals surface area (Å²) in [6.45, 7) is 1.70. The number of aromatic nitrogens is 4. The molecule has 108 valence electrons. The van der Waals surface area contributed by atoms with E-state index in [0.29, 0.717) is 0 Å². The number of rotatable bonds is 4. The highest BCUT2D eigenvalue weighted by atomic mass is 16.4. The first-order chi connectivity index (χ1) is 9.32. The maximum Gasteiger partial charge on any atom is 0.332 e. The number of H-pyrrole nitrogens is 1. The molecular formula is C11H15N5O4. The third-order valence-corrected chi connectivity index (χ3v) is 3.09. The number of nitrogens with zero attached hydrogens (tertiary/aromatic N) is 3. The van der Waals surface area contributed by atoms with Gasteiger partial charge in [-0.2, -0.15) is 4.98 Å². The van der Waals surface area contributed by atoms with Gasteiger partial charge < -0.3 is 15.4 Å². The molecule has 0 spiro atoms. The van der Waals surface area contributed by atoms with E-state index in [1.165, 1.54) is 18.7 Å². The zero-order chi connectivity index (χ0) is 15.0. The third-order valence-electron chi connectivity index (χ3n) is 3.09. The highest BCUT2D eigenvalue weighted by Crippen LogP contribution is 2.08. The molecule has 9 heteroatoms. The highest BCUT2D eigenvalue weighted by molar-refractivity contribution is 5.73. The molecule has 0 saturated carbocycles. The Morgan fingerprint density at radius 3 is 2.65 bits per heavy atom. The number of hydrogen-bond donors (Lipinski definition) is 3. The van der Waals surface area contributed by atoms with E-state index in [2.05, 4.69) is 15.3 Å². The van der Waals surface area contributed by atoms with Gasteiger partial charge in [-0.1, -0.05) is 6.92 Å². The molecule has 1 unspecified atom stereocenters. The molecule has 9 nitrogen and oxygen atoms in total. The first-order valence-electron chi connectivity index (χ1n) is 5.95. The number of anilines is 1. The Hall–Kier alpha value is -2.58. The second-order valence-electron chi connectivity index (χ2n) is 4.61. The Morgan fingerprint density at radius 2 is 2.05 bits per heavy atom. The minimum atomic E-state index is -0.933. The van der Waals surface area contributed by atoms with Crippen LogP contribution in [-0.2, 0) is 18.9 Å². The van der Waals surface area contributed by atoms with Crippen molar-refractivity contribution in [1.82, 2.24) is 19.1 Å². The van der Waals surface area contributed by atoms with Gasteiger partial charge in [0.25, 0.3) is 5.56 Å². The maximum absolute atomic E-state index is 11.9. The summed E-state index contributed by atoms with van der Waals surface area (Å²) in [5, 5.41) is 11.6. The van der Waals surface area contributed by atoms with E-state index < -0.39 is 23.1 Å². The number of aliphatic carboxylic acids is 1. The van der Waals surface area contributed by atoms with Crippen molar-refractivity contribution in [2.75, 3.05) is 11.9 Å². The predicted molar refractivity (Wildman–Crippen MR) is 71.9 cm³/mol. The molecule has 0 aliphatic rings. The Kier molecular flexibility index (Phi) is 3.35. The molecule has 0 saturated heterocycles. The van der Waals surface area contributed by atoms with Gasteiger partial charge in [-0.05, 0) is 0 Å². The Labute approximate surface area is 112 Å².